The number of halogens is 2. The molecule has 5 heteroatoms. The largest absolute Gasteiger partial charge is 0.496 e. The molecule has 0 aliphatic rings. The molecule has 3 nitrogen and oxygen atoms in total. The van der Waals surface area contributed by atoms with Crippen LogP contribution in [0.15, 0.2) is 42.5 Å². The van der Waals surface area contributed by atoms with E-state index in [1.54, 1.807) is 13.2 Å². The molecular weight excluding hydrogens is 267 g/mol. The van der Waals surface area contributed by atoms with Gasteiger partial charge in [-0.1, -0.05) is 35.9 Å². The zero-order valence-corrected chi connectivity index (χ0v) is 11.1. The van der Waals surface area contributed by atoms with E-state index in [1.807, 2.05) is 24.3 Å². The highest BCUT2D eigenvalue weighted by Crippen LogP contribution is 2.33. The lowest BCUT2D eigenvalue weighted by atomic mass is 9.98. The van der Waals surface area contributed by atoms with E-state index in [2.05, 4.69) is 5.43 Å². The number of nitrogens with one attached hydrogen (secondary N) is 1. The summed E-state index contributed by atoms with van der Waals surface area (Å²) in [5.74, 6) is 5.91. The molecule has 0 spiro atoms. The van der Waals surface area contributed by atoms with Gasteiger partial charge in [0.25, 0.3) is 0 Å². The number of hydrazine groups is 1. The highest BCUT2D eigenvalue weighted by molar-refractivity contribution is 6.31. The standard InChI is InChI=1S/C14H14ClFN2O/c1-19-13-5-3-2-4-11(13)14(18-17)10-7-6-9(16)8-12(10)15/h2-8,14,18H,17H2,1H3. The Hall–Kier alpha value is -1.62. The molecule has 2 aromatic rings. The normalized spacial score (nSPS) is 12.2. The van der Waals surface area contributed by atoms with Crippen LogP contribution < -0.4 is 16.0 Å². The number of rotatable bonds is 4. The van der Waals surface area contributed by atoms with Crippen LogP contribution in [0.2, 0.25) is 5.02 Å². The van der Waals surface area contributed by atoms with Gasteiger partial charge in [-0.2, -0.15) is 0 Å². The molecule has 3 N–H and O–H groups in total. The van der Waals surface area contributed by atoms with Crippen LogP contribution in [0.4, 0.5) is 4.39 Å². The smallest absolute Gasteiger partial charge is 0.124 e. The van der Waals surface area contributed by atoms with Crippen LogP contribution in [0.3, 0.4) is 0 Å². The molecule has 2 aromatic carbocycles. The molecule has 19 heavy (non-hydrogen) atoms. The second-order valence-electron chi connectivity index (χ2n) is 4.01. The molecule has 0 aliphatic carbocycles. The predicted octanol–water partition coefficient (Wildman–Crippen LogP) is 3.04. The molecule has 0 saturated carbocycles. The minimum Gasteiger partial charge on any atom is -0.496 e. The van der Waals surface area contributed by atoms with Gasteiger partial charge in [0.15, 0.2) is 0 Å². The third kappa shape index (κ3) is 2.87. The SMILES string of the molecule is COc1ccccc1C(NN)c1ccc(F)cc1Cl. The van der Waals surface area contributed by atoms with Gasteiger partial charge in [0, 0.05) is 10.6 Å². The predicted molar refractivity (Wildman–Crippen MR) is 73.6 cm³/mol. The van der Waals surface area contributed by atoms with Crippen molar-refractivity contribution >= 4 is 11.6 Å². The third-order valence-electron chi connectivity index (χ3n) is 2.89. The van der Waals surface area contributed by atoms with Gasteiger partial charge >= 0.3 is 0 Å². The van der Waals surface area contributed by atoms with Crippen molar-refractivity contribution in [3.63, 3.8) is 0 Å². The zero-order chi connectivity index (χ0) is 13.8. The lowest BCUT2D eigenvalue weighted by molar-refractivity contribution is 0.404. The summed E-state index contributed by atoms with van der Waals surface area (Å²) in [7, 11) is 1.58. The Balaban J connectivity index is 2.50. The van der Waals surface area contributed by atoms with Crippen LogP contribution in [-0.2, 0) is 0 Å². The molecule has 0 amide bonds. The number of nitrogens with two attached hydrogens (primary N) is 1. The number of ether oxygens (including phenoxy) is 1. The molecule has 1 atom stereocenters. The molecule has 0 heterocycles. The Labute approximate surface area is 116 Å². The van der Waals surface area contributed by atoms with Gasteiger partial charge in [-0.3, -0.25) is 5.84 Å². The average molecular weight is 281 g/mol. The van der Waals surface area contributed by atoms with E-state index in [-0.39, 0.29) is 11.9 Å². The van der Waals surface area contributed by atoms with Gasteiger partial charge < -0.3 is 4.74 Å². The fourth-order valence-electron chi connectivity index (χ4n) is 1.99. The minimum absolute atomic E-state index is 0.314. The lowest BCUT2D eigenvalue weighted by Gasteiger charge is -2.20. The number of methoxy groups -OCH3 is 1. The maximum Gasteiger partial charge on any atom is 0.124 e. The number of para-hydroxylation sites is 1. The van der Waals surface area contributed by atoms with Crippen LogP contribution in [0.1, 0.15) is 17.2 Å². The van der Waals surface area contributed by atoms with E-state index >= 15 is 0 Å². The van der Waals surface area contributed by atoms with Crippen LogP contribution in [-0.4, -0.2) is 7.11 Å². The van der Waals surface area contributed by atoms with Gasteiger partial charge in [-0.15, -0.1) is 0 Å². The van der Waals surface area contributed by atoms with Crippen molar-refractivity contribution in [3.8, 4) is 5.75 Å². The quantitative estimate of drug-likeness (QED) is 0.668. The van der Waals surface area contributed by atoms with Crippen molar-refractivity contribution in [1.82, 2.24) is 5.43 Å². The van der Waals surface area contributed by atoms with Crippen LogP contribution >= 0.6 is 11.6 Å². The van der Waals surface area contributed by atoms with Crippen LogP contribution in [0.25, 0.3) is 0 Å². The molecule has 0 aliphatic heterocycles. The van der Waals surface area contributed by atoms with E-state index in [0.717, 1.165) is 5.56 Å². The Morgan fingerprint density at radius 2 is 1.95 bits per heavy atom. The monoisotopic (exact) mass is 280 g/mol. The molecule has 1 unspecified atom stereocenters. The van der Waals surface area contributed by atoms with Crippen LogP contribution in [0, 0.1) is 5.82 Å². The van der Waals surface area contributed by atoms with Crippen molar-refractivity contribution in [2.24, 2.45) is 5.84 Å². The lowest BCUT2D eigenvalue weighted by Crippen LogP contribution is -2.29. The summed E-state index contributed by atoms with van der Waals surface area (Å²) in [6.45, 7) is 0. The van der Waals surface area contributed by atoms with E-state index in [0.29, 0.717) is 16.3 Å². The Kier molecular flexibility index (Phi) is 4.37. The van der Waals surface area contributed by atoms with Crippen molar-refractivity contribution in [2.45, 2.75) is 6.04 Å². The molecule has 0 saturated heterocycles. The van der Waals surface area contributed by atoms with Crippen molar-refractivity contribution in [2.75, 3.05) is 7.11 Å². The van der Waals surface area contributed by atoms with Crippen LogP contribution in [0.5, 0.6) is 5.75 Å². The molecule has 0 fully saturated rings. The van der Waals surface area contributed by atoms with Gasteiger partial charge in [-0.05, 0) is 23.8 Å². The molecule has 2 rings (SSSR count). The van der Waals surface area contributed by atoms with E-state index in [4.69, 9.17) is 22.2 Å². The first-order chi connectivity index (χ1) is 9.17. The number of benzene rings is 2. The fraction of sp³-hybridized carbons (Fsp3) is 0.143. The Bertz CT molecular complexity index is 577. The molecule has 0 radical (unpaired) electrons. The average Bonchev–Trinajstić information content (AvgIpc) is 2.42. The van der Waals surface area contributed by atoms with Gasteiger partial charge in [0.1, 0.15) is 11.6 Å². The summed E-state index contributed by atoms with van der Waals surface area (Å²) >= 11 is 6.07. The van der Waals surface area contributed by atoms with Crippen molar-refractivity contribution < 1.29 is 9.13 Å². The van der Waals surface area contributed by atoms with E-state index < -0.39 is 0 Å². The van der Waals surface area contributed by atoms with Gasteiger partial charge in [0.2, 0.25) is 0 Å². The van der Waals surface area contributed by atoms with Crippen molar-refractivity contribution in [1.29, 1.82) is 0 Å². The maximum absolute atomic E-state index is 13.1. The summed E-state index contributed by atoms with van der Waals surface area (Å²) in [5, 5.41) is 0.314. The van der Waals surface area contributed by atoms with E-state index in [1.165, 1.54) is 12.1 Å². The summed E-state index contributed by atoms with van der Waals surface area (Å²) in [4.78, 5) is 0. The summed E-state index contributed by atoms with van der Waals surface area (Å²) in [6, 6.07) is 11.3. The summed E-state index contributed by atoms with van der Waals surface area (Å²) in [6.07, 6.45) is 0. The second-order valence-corrected chi connectivity index (χ2v) is 4.41. The van der Waals surface area contributed by atoms with E-state index in [9.17, 15) is 4.39 Å². The molecular formula is C14H14ClFN2O. The summed E-state index contributed by atoms with van der Waals surface area (Å²) < 4.78 is 18.4. The topological polar surface area (TPSA) is 47.3 Å². The minimum atomic E-state index is -0.385. The Morgan fingerprint density at radius 1 is 1.21 bits per heavy atom. The first-order valence-electron chi connectivity index (χ1n) is 5.71. The molecule has 100 valence electrons. The first kappa shape index (κ1) is 13.8. The third-order valence-corrected chi connectivity index (χ3v) is 3.22. The highest BCUT2D eigenvalue weighted by Gasteiger charge is 2.19. The number of hydrogen-bond donors (Lipinski definition) is 2. The molecule has 0 aromatic heterocycles. The van der Waals surface area contributed by atoms with Gasteiger partial charge in [-0.25, -0.2) is 9.82 Å². The second kappa shape index (κ2) is 6.02. The first-order valence-corrected chi connectivity index (χ1v) is 6.09. The fourth-order valence-corrected chi connectivity index (χ4v) is 2.26. The maximum atomic E-state index is 13.1. The Morgan fingerprint density at radius 3 is 2.58 bits per heavy atom. The zero-order valence-electron chi connectivity index (χ0n) is 10.4. The van der Waals surface area contributed by atoms with Gasteiger partial charge in [0.05, 0.1) is 13.2 Å². The van der Waals surface area contributed by atoms with Crippen molar-refractivity contribution in [3.05, 3.63) is 64.4 Å². The highest BCUT2D eigenvalue weighted by atomic mass is 35.5. The summed E-state index contributed by atoms with van der Waals surface area (Å²) in [5.41, 5.74) is 4.21. The molecule has 0 bridgehead atoms. The number of hydrogen-bond acceptors (Lipinski definition) is 3.